The molecule has 0 aliphatic rings. The van der Waals surface area contributed by atoms with Crippen molar-refractivity contribution in [3.63, 3.8) is 0 Å². The van der Waals surface area contributed by atoms with Crippen molar-refractivity contribution in [1.82, 2.24) is 10.2 Å². The zero-order chi connectivity index (χ0) is 15.2. The third-order valence-electron chi connectivity index (χ3n) is 2.51. The predicted molar refractivity (Wildman–Crippen MR) is 73.1 cm³/mol. The van der Waals surface area contributed by atoms with Gasteiger partial charge in [0.2, 0.25) is 0 Å². The van der Waals surface area contributed by atoms with Crippen LogP contribution in [0.4, 0.5) is 10.1 Å². The highest BCUT2D eigenvalue weighted by Gasteiger charge is 2.09. The van der Waals surface area contributed by atoms with E-state index in [1.807, 2.05) is 0 Å². The summed E-state index contributed by atoms with van der Waals surface area (Å²) in [5.74, 6) is -2.31. The number of nitrogens with zero attached hydrogens (tertiary/aromatic N) is 2. The van der Waals surface area contributed by atoms with Crippen molar-refractivity contribution in [1.29, 1.82) is 0 Å². The second-order valence-corrected chi connectivity index (χ2v) is 4.00. The lowest BCUT2D eigenvalue weighted by molar-refractivity contribution is -0.131. The first-order chi connectivity index (χ1) is 10.1. The second-order valence-electron chi connectivity index (χ2n) is 4.00. The summed E-state index contributed by atoms with van der Waals surface area (Å²) in [6.07, 6.45) is 4.77. The molecule has 1 aromatic carbocycles. The number of amides is 1. The van der Waals surface area contributed by atoms with Gasteiger partial charge in [-0.3, -0.25) is 4.79 Å². The van der Waals surface area contributed by atoms with Crippen molar-refractivity contribution >= 4 is 23.6 Å². The zero-order valence-corrected chi connectivity index (χ0v) is 10.7. The van der Waals surface area contributed by atoms with E-state index < -0.39 is 17.7 Å². The summed E-state index contributed by atoms with van der Waals surface area (Å²) >= 11 is 0. The van der Waals surface area contributed by atoms with E-state index in [1.165, 1.54) is 36.7 Å². The largest absolute Gasteiger partial charge is 0.478 e. The number of carbonyl (C=O) groups excluding carboxylic acids is 1. The minimum atomic E-state index is -1.13. The molecule has 0 bridgehead atoms. The molecule has 21 heavy (non-hydrogen) atoms. The van der Waals surface area contributed by atoms with Crippen LogP contribution >= 0.6 is 0 Å². The molecule has 0 aliphatic heterocycles. The van der Waals surface area contributed by atoms with Crippen LogP contribution < -0.4 is 5.32 Å². The summed E-state index contributed by atoms with van der Waals surface area (Å²) < 4.78 is 13.8. The number of anilines is 1. The fourth-order valence-corrected chi connectivity index (χ4v) is 1.52. The average Bonchev–Trinajstić information content (AvgIpc) is 2.48. The molecular formula is C14H10FN3O3. The molecule has 2 rings (SSSR count). The molecule has 106 valence electrons. The number of carboxylic acid groups (broad SMARTS) is 1. The Morgan fingerprint density at radius 3 is 2.67 bits per heavy atom. The maximum Gasteiger partial charge on any atom is 0.328 e. The quantitative estimate of drug-likeness (QED) is 0.839. The van der Waals surface area contributed by atoms with Crippen molar-refractivity contribution < 1.29 is 19.1 Å². The fraction of sp³-hybridized carbons (Fsp3) is 0. The van der Waals surface area contributed by atoms with Gasteiger partial charge >= 0.3 is 5.97 Å². The number of nitrogens with one attached hydrogen (secondary N) is 1. The highest BCUT2D eigenvalue weighted by atomic mass is 19.1. The lowest BCUT2D eigenvalue weighted by atomic mass is 10.1. The zero-order valence-electron chi connectivity index (χ0n) is 10.7. The Kier molecular flexibility index (Phi) is 4.35. The van der Waals surface area contributed by atoms with Crippen LogP contribution in [-0.4, -0.2) is 27.2 Å². The molecule has 0 aliphatic carbocycles. The third kappa shape index (κ3) is 3.93. The standard InChI is InChI=1S/C14H10FN3O3/c15-11-7-9(2-4-13(19)20)1-3-12(11)18-14(21)10-5-6-16-17-8-10/h1-8H,(H,18,21)(H,19,20)/b4-2+. The molecule has 0 fully saturated rings. The normalized spacial score (nSPS) is 10.5. The van der Waals surface area contributed by atoms with Gasteiger partial charge in [0, 0.05) is 6.08 Å². The number of carboxylic acids is 1. The van der Waals surface area contributed by atoms with Crippen molar-refractivity contribution in [2.75, 3.05) is 5.32 Å². The van der Waals surface area contributed by atoms with Crippen LogP contribution in [0.1, 0.15) is 15.9 Å². The van der Waals surface area contributed by atoms with Crippen LogP contribution in [-0.2, 0) is 4.79 Å². The third-order valence-corrected chi connectivity index (χ3v) is 2.51. The minimum absolute atomic E-state index is 0.00992. The second kappa shape index (κ2) is 6.38. The number of benzene rings is 1. The molecule has 0 spiro atoms. The first-order valence-electron chi connectivity index (χ1n) is 5.85. The number of aliphatic carboxylic acids is 1. The highest BCUT2D eigenvalue weighted by Crippen LogP contribution is 2.17. The van der Waals surface area contributed by atoms with Gasteiger partial charge in [-0.1, -0.05) is 6.07 Å². The molecule has 1 heterocycles. The van der Waals surface area contributed by atoms with Gasteiger partial charge in [0.25, 0.3) is 5.91 Å². The Labute approximate surface area is 118 Å². The summed E-state index contributed by atoms with van der Waals surface area (Å²) in [6, 6.07) is 5.41. The molecule has 6 nitrogen and oxygen atoms in total. The van der Waals surface area contributed by atoms with Crippen LogP contribution in [0.25, 0.3) is 6.08 Å². The summed E-state index contributed by atoms with van der Waals surface area (Å²) in [5.41, 5.74) is 0.613. The monoisotopic (exact) mass is 287 g/mol. The molecule has 0 atom stereocenters. The van der Waals surface area contributed by atoms with E-state index in [9.17, 15) is 14.0 Å². The number of hydrogen-bond acceptors (Lipinski definition) is 4. The van der Waals surface area contributed by atoms with E-state index >= 15 is 0 Å². The lowest BCUT2D eigenvalue weighted by Gasteiger charge is -2.06. The van der Waals surface area contributed by atoms with Gasteiger partial charge < -0.3 is 10.4 Å². The van der Waals surface area contributed by atoms with Crippen molar-refractivity contribution in [2.45, 2.75) is 0 Å². The Hall–Kier alpha value is -3.09. The van der Waals surface area contributed by atoms with E-state index in [4.69, 9.17) is 5.11 Å². The number of carbonyl (C=O) groups is 2. The average molecular weight is 287 g/mol. The Morgan fingerprint density at radius 1 is 1.24 bits per heavy atom. The molecule has 0 saturated carbocycles. The molecule has 1 amide bonds. The molecule has 0 radical (unpaired) electrons. The Morgan fingerprint density at radius 2 is 2.05 bits per heavy atom. The number of hydrogen-bond donors (Lipinski definition) is 2. The van der Waals surface area contributed by atoms with Crippen molar-refractivity contribution in [3.8, 4) is 0 Å². The SMILES string of the molecule is O=C(O)/C=C/c1ccc(NC(=O)c2ccnnc2)c(F)c1. The van der Waals surface area contributed by atoms with Crippen LogP contribution in [0.2, 0.25) is 0 Å². The first kappa shape index (κ1) is 14.3. The van der Waals surface area contributed by atoms with Gasteiger partial charge in [0.15, 0.2) is 0 Å². The Balaban J connectivity index is 2.15. The van der Waals surface area contributed by atoms with Crippen LogP contribution in [0.5, 0.6) is 0 Å². The molecule has 2 N–H and O–H groups in total. The summed E-state index contributed by atoms with van der Waals surface area (Å²) in [4.78, 5) is 22.2. The molecule has 0 saturated heterocycles. The van der Waals surface area contributed by atoms with Crippen LogP contribution in [0, 0.1) is 5.82 Å². The number of rotatable bonds is 4. The van der Waals surface area contributed by atoms with Gasteiger partial charge in [0.1, 0.15) is 5.82 Å². The van der Waals surface area contributed by atoms with Gasteiger partial charge in [-0.05, 0) is 29.8 Å². The van der Waals surface area contributed by atoms with Crippen molar-refractivity contribution in [2.24, 2.45) is 0 Å². The lowest BCUT2D eigenvalue weighted by Crippen LogP contribution is -2.13. The first-order valence-corrected chi connectivity index (χ1v) is 5.85. The van der Waals surface area contributed by atoms with Gasteiger partial charge in [-0.2, -0.15) is 10.2 Å². The topological polar surface area (TPSA) is 92.2 Å². The maximum atomic E-state index is 13.8. The summed E-state index contributed by atoms with van der Waals surface area (Å²) in [6.45, 7) is 0. The van der Waals surface area contributed by atoms with E-state index in [0.717, 1.165) is 12.1 Å². The van der Waals surface area contributed by atoms with E-state index in [2.05, 4.69) is 15.5 Å². The highest BCUT2D eigenvalue weighted by molar-refractivity contribution is 6.04. The molecule has 7 heteroatoms. The Bertz CT molecular complexity index is 702. The van der Waals surface area contributed by atoms with Crippen LogP contribution in [0.3, 0.4) is 0 Å². The number of halogens is 1. The smallest absolute Gasteiger partial charge is 0.328 e. The summed E-state index contributed by atoms with van der Waals surface area (Å²) in [7, 11) is 0. The van der Waals surface area contributed by atoms with E-state index in [1.54, 1.807) is 0 Å². The molecular weight excluding hydrogens is 277 g/mol. The number of aromatic nitrogens is 2. The maximum absolute atomic E-state index is 13.8. The summed E-state index contributed by atoms with van der Waals surface area (Å²) in [5, 5.41) is 18.0. The van der Waals surface area contributed by atoms with E-state index in [0.29, 0.717) is 5.56 Å². The fourth-order valence-electron chi connectivity index (χ4n) is 1.52. The predicted octanol–water partition coefficient (Wildman–Crippen LogP) is 1.97. The van der Waals surface area contributed by atoms with E-state index in [-0.39, 0.29) is 11.3 Å². The van der Waals surface area contributed by atoms with Crippen molar-refractivity contribution in [3.05, 3.63) is 59.7 Å². The van der Waals surface area contributed by atoms with Crippen LogP contribution in [0.15, 0.2) is 42.7 Å². The van der Waals surface area contributed by atoms with Gasteiger partial charge in [0.05, 0.1) is 23.6 Å². The van der Waals surface area contributed by atoms with Gasteiger partial charge in [-0.25, -0.2) is 9.18 Å². The van der Waals surface area contributed by atoms with Gasteiger partial charge in [-0.15, -0.1) is 0 Å². The molecule has 0 unspecified atom stereocenters. The minimum Gasteiger partial charge on any atom is -0.478 e. The molecule has 2 aromatic rings. The molecule has 1 aromatic heterocycles.